The van der Waals surface area contributed by atoms with Crippen molar-refractivity contribution in [2.24, 2.45) is 5.92 Å². The summed E-state index contributed by atoms with van der Waals surface area (Å²) in [7, 11) is 0. The van der Waals surface area contributed by atoms with Crippen LogP contribution in [0.4, 0.5) is 0 Å². The summed E-state index contributed by atoms with van der Waals surface area (Å²) in [5.41, 5.74) is 1.38. The van der Waals surface area contributed by atoms with Gasteiger partial charge in [0.05, 0.1) is 0 Å². The highest BCUT2D eigenvalue weighted by Crippen LogP contribution is 2.35. The van der Waals surface area contributed by atoms with E-state index in [0.717, 1.165) is 5.92 Å². The lowest BCUT2D eigenvalue weighted by atomic mass is 10.0. The largest absolute Gasteiger partial charge is 0.307 e. The smallest absolute Gasteiger partial charge is 0.0294 e. The Morgan fingerprint density at radius 3 is 2.76 bits per heavy atom. The molecule has 2 atom stereocenters. The SMILES string of the molecule is CCCC(NC(C)c1cccc(Br)c1)C1CC1. The van der Waals surface area contributed by atoms with Crippen LogP contribution in [0.15, 0.2) is 28.7 Å². The van der Waals surface area contributed by atoms with Gasteiger partial charge in [-0.05, 0) is 49.8 Å². The third-order valence-electron chi connectivity index (χ3n) is 3.60. The van der Waals surface area contributed by atoms with Crippen LogP contribution in [-0.2, 0) is 0 Å². The zero-order valence-electron chi connectivity index (χ0n) is 10.7. The molecule has 94 valence electrons. The fourth-order valence-corrected chi connectivity index (χ4v) is 2.87. The van der Waals surface area contributed by atoms with Crippen molar-refractivity contribution in [1.82, 2.24) is 5.32 Å². The van der Waals surface area contributed by atoms with Gasteiger partial charge in [-0.25, -0.2) is 0 Å². The number of rotatable bonds is 6. The maximum absolute atomic E-state index is 3.80. The lowest BCUT2D eigenvalue weighted by Gasteiger charge is -2.23. The van der Waals surface area contributed by atoms with E-state index in [1.165, 1.54) is 35.7 Å². The van der Waals surface area contributed by atoms with Crippen molar-refractivity contribution in [2.45, 2.75) is 51.6 Å². The molecule has 0 bridgehead atoms. The van der Waals surface area contributed by atoms with Crippen LogP contribution < -0.4 is 5.32 Å². The molecule has 0 aliphatic heterocycles. The van der Waals surface area contributed by atoms with Crippen LogP contribution in [0.25, 0.3) is 0 Å². The van der Waals surface area contributed by atoms with E-state index in [-0.39, 0.29) is 0 Å². The second kappa shape index (κ2) is 6.01. The van der Waals surface area contributed by atoms with Gasteiger partial charge in [0.15, 0.2) is 0 Å². The van der Waals surface area contributed by atoms with Crippen molar-refractivity contribution in [3.63, 3.8) is 0 Å². The van der Waals surface area contributed by atoms with E-state index in [1.54, 1.807) is 0 Å². The second-order valence-corrected chi connectivity index (χ2v) is 6.09. The Kier molecular flexibility index (Phi) is 4.63. The van der Waals surface area contributed by atoms with Crippen LogP contribution in [0.3, 0.4) is 0 Å². The normalized spacial score (nSPS) is 19.0. The Bertz CT molecular complexity index is 360. The van der Waals surface area contributed by atoms with Gasteiger partial charge in [0, 0.05) is 16.6 Å². The lowest BCUT2D eigenvalue weighted by Crippen LogP contribution is -2.33. The highest BCUT2D eigenvalue weighted by Gasteiger charge is 2.31. The maximum Gasteiger partial charge on any atom is 0.0294 e. The molecule has 17 heavy (non-hydrogen) atoms. The first-order valence-electron chi connectivity index (χ1n) is 6.72. The third kappa shape index (κ3) is 3.82. The quantitative estimate of drug-likeness (QED) is 0.804. The van der Waals surface area contributed by atoms with E-state index in [9.17, 15) is 0 Å². The van der Waals surface area contributed by atoms with Gasteiger partial charge in [-0.3, -0.25) is 0 Å². The molecule has 0 radical (unpaired) electrons. The second-order valence-electron chi connectivity index (χ2n) is 5.18. The van der Waals surface area contributed by atoms with Crippen LogP contribution in [-0.4, -0.2) is 6.04 Å². The average molecular weight is 296 g/mol. The van der Waals surface area contributed by atoms with E-state index >= 15 is 0 Å². The minimum atomic E-state index is 0.449. The molecule has 1 nitrogen and oxygen atoms in total. The van der Waals surface area contributed by atoms with Gasteiger partial charge >= 0.3 is 0 Å². The van der Waals surface area contributed by atoms with Crippen molar-refractivity contribution in [2.75, 3.05) is 0 Å². The van der Waals surface area contributed by atoms with Crippen LogP contribution in [0.1, 0.15) is 51.1 Å². The fourth-order valence-electron chi connectivity index (χ4n) is 2.46. The number of hydrogen-bond acceptors (Lipinski definition) is 1. The zero-order valence-corrected chi connectivity index (χ0v) is 12.3. The Hall–Kier alpha value is -0.340. The molecule has 2 heteroatoms. The van der Waals surface area contributed by atoms with Crippen molar-refractivity contribution in [3.8, 4) is 0 Å². The van der Waals surface area contributed by atoms with Crippen LogP contribution in [0, 0.1) is 5.92 Å². The molecule has 1 saturated carbocycles. The summed E-state index contributed by atoms with van der Waals surface area (Å²) in [5, 5.41) is 3.80. The van der Waals surface area contributed by atoms with Crippen LogP contribution in [0.5, 0.6) is 0 Å². The highest BCUT2D eigenvalue weighted by molar-refractivity contribution is 9.10. The molecular formula is C15H22BrN. The van der Waals surface area contributed by atoms with Gasteiger partial charge in [-0.15, -0.1) is 0 Å². The van der Waals surface area contributed by atoms with E-state index in [4.69, 9.17) is 0 Å². The monoisotopic (exact) mass is 295 g/mol. The van der Waals surface area contributed by atoms with Gasteiger partial charge in [0.25, 0.3) is 0 Å². The predicted octanol–water partition coefficient (Wildman–Crippen LogP) is 4.68. The van der Waals surface area contributed by atoms with E-state index in [1.807, 2.05) is 0 Å². The molecule has 1 aromatic rings. The molecule has 0 aromatic heterocycles. The first-order chi connectivity index (χ1) is 8.20. The Labute approximate surface area is 113 Å². The van der Waals surface area contributed by atoms with Gasteiger partial charge in [-0.2, -0.15) is 0 Å². The Morgan fingerprint density at radius 1 is 1.41 bits per heavy atom. The zero-order chi connectivity index (χ0) is 12.3. The van der Waals surface area contributed by atoms with Gasteiger partial charge < -0.3 is 5.32 Å². The van der Waals surface area contributed by atoms with Crippen molar-refractivity contribution < 1.29 is 0 Å². The topological polar surface area (TPSA) is 12.0 Å². The molecule has 0 heterocycles. The van der Waals surface area contributed by atoms with E-state index in [0.29, 0.717) is 12.1 Å². The first-order valence-corrected chi connectivity index (χ1v) is 7.51. The third-order valence-corrected chi connectivity index (χ3v) is 4.10. The molecule has 1 N–H and O–H groups in total. The summed E-state index contributed by atoms with van der Waals surface area (Å²) in [4.78, 5) is 0. The van der Waals surface area contributed by atoms with Gasteiger partial charge in [0.2, 0.25) is 0 Å². The summed E-state index contributed by atoms with van der Waals surface area (Å²) in [6.45, 7) is 4.55. The Morgan fingerprint density at radius 2 is 2.18 bits per heavy atom. The van der Waals surface area contributed by atoms with Crippen LogP contribution in [0.2, 0.25) is 0 Å². The van der Waals surface area contributed by atoms with Gasteiger partial charge in [-0.1, -0.05) is 41.4 Å². The molecule has 2 unspecified atom stereocenters. The average Bonchev–Trinajstić information content (AvgIpc) is 3.12. The molecule has 1 aromatic carbocycles. The van der Waals surface area contributed by atoms with Gasteiger partial charge in [0.1, 0.15) is 0 Å². The molecule has 1 aliphatic rings. The molecule has 0 amide bonds. The summed E-state index contributed by atoms with van der Waals surface area (Å²) < 4.78 is 1.17. The molecule has 2 rings (SSSR count). The fraction of sp³-hybridized carbons (Fsp3) is 0.600. The maximum atomic E-state index is 3.80. The summed E-state index contributed by atoms with van der Waals surface area (Å²) in [6, 6.07) is 9.79. The molecule has 1 aliphatic carbocycles. The Balaban J connectivity index is 1.96. The molecule has 1 fully saturated rings. The number of hydrogen-bond donors (Lipinski definition) is 1. The molecule has 0 spiro atoms. The highest BCUT2D eigenvalue weighted by atomic mass is 79.9. The summed E-state index contributed by atoms with van der Waals surface area (Å²) >= 11 is 3.54. The van der Waals surface area contributed by atoms with Crippen molar-refractivity contribution in [3.05, 3.63) is 34.3 Å². The van der Waals surface area contributed by atoms with Crippen molar-refractivity contribution >= 4 is 15.9 Å². The lowest BCUT2D eigenvalue weighted by molar-refractivity contribution is 0.390. The number of benzene rings is 1. The summed E-state index contributed by atoms with van der Waals surface area (Å²) in [6.07, 6.45) is 5.42. The number of halogens is 1. The predicted molar refractivity (Wildman–Crippen MR) is 77.1 cm³/mol. The van der Waals surface area contributed by atoms with E-state index in [2.05, 4.69) is 59.4 Å². The molecule has 0 saturated heterocycles. The van der Waals surface area contributed by atoms with E-state index < -0.39 is 0 Å². The minimum Gasteiger partial charge on any atom is -0.307 e. The molecular weight excluding hydrogens is 274 g/mol. The van der Waals surface area contributed by atoms with Crippen LogP contribution >= 0.6 is 15.9 Å². The standard InChI is InChI=1S/C15H22BrN/c1-3-5-15(12-8-9-12)17-11(2)13-6-4-7-14(16)10-13/h4,6-7,10-12,15,17H,3,5,8-9H2,1-2H3. The van der Waals surface area contributed by atoms with Crippen molar-refractivity contribution in [1.29, 1.82) is 0 Å². The summed E-state index contributed by atoms with van der Waals surface area (Å²) in [5.74, 6) is 0.935. The number of nitrogens with one attached hydrogen (secondary N) is 1. The minimum absolute atomic E-state index is 0.449. The first kappa shape index (κ1) is 13.1.